The first-order chi connectivity index (χ1) is 18.9. The van der Waals surface area contributed by atoms with Crippen LogP contribution in [0.15, 0.2) is 30.3 Å². The third-order valence-corrected chi connectivity index (χ3v) is 7.66. The number of methoxy groups -OCH3 is 2. The van der Waals surface area contributed by atoms with E-state index in [9.17, 15) is 9.18 Å². The quantitative estimate of drug-likeness (QED) is 0.447. The van der Waals surface area contributed by atoms with E-state index in [0.29, 0.717) is 43.9 Å². The summed E-state index contributed by atoms with van der Waals surface area (Å²) in [5.41, 5.74) is 7.19. The van der Waals surface area contributed by atoms with Crippen LogP contribution in [0.1, 0.15) is 37.3 Å². The van der Waals surface area contributed by atoms with Gasteiger partial charge < -0.3 is 25.0 Å². The van der Waals surface area contributed by atoms with Gasteiger partial charge in [-0.3, -0.25) is 9.69 Å². The lowest BCUT2D eigenvalue weighted by Crippen LogP contribution is -2.50. The third kappa shape index (κ3) is 6.00. The fraction of sp³-hybridized carbons (Fsp3) is 0.464. The van der Waals surface area contributed by atoms with Crippen molar-refractivity contribution in [2.45, 2.75) is 31.7 Å². The van der Waals surface area contributed by atoms with Crippen LogP contribution in [0.2, 0.25) is 0 Å². The summed E-state index contributed by atoms with van der Waals surface area (Å²) in [5.74, 6) is -0.299. The molecule has 216 valence electrons. The number of nitrogens with zero attached hydrogens (tertiary/aromatic N) is 5. The Labute approximate surface area is 238 Å². The van der Waals surface area contributed by atoms with E-state index in [0.717, 1.165) is 31.5 Å². The van der Waals surface area contributed by atoms with Gasteiger partial charge in [0, 0.05) is 44.0 Å². The zero-order chi connectivity index (χ0) is 27.5. The molecule has 0 saturated carbocycles. The second-order valence-corrected chi connectivity index (χ2v) is 9.97. The normalized spacial score (nSPS) is 16.9. The number of likely N-dealkylation sites (tertiary alicyclic amines) is 1. The van der Waals surface area contributed by atoms with E-state index < -0.39 is 5.82 Å². The Morgan fingerprint density at radius 3 is 2.27 bits per heavy atom. The number of piperazine rings is 1. The molecule has 40 heavy (non-hydrogen) atoms. The standard InChI is InChI=1S/C28H34F2N6O3.ClH/c1-38-22-16-20-25(24(30)26(22)39-2)32-28(33-27(20)31)36-14-12-35(13-15-36)23(37)17-21(34-10-4-3-5-11-34)18-6-8-19(29)9-7-18;/h6-9,16,21H,3-5,10-15,17H2,1-2H3,(H2,31,32,33);1H/t21-;/m1./s1. The molecule has 1 aromatic heterocycles. The number of hydrogen-bond acceptors (Lipinski definition) is 8. The Kier molecular flexibility index (Phi) is 9.47. The van der Waals surface area contributed by atoms with Crippen LogP contribution in [0.3, 0.4) is 0 Å². The third-order valence-electron chi connectivity index (χ3n) is 7.66. The lowest BCUT2D eigenvalue weighted by molar-refractivity contribution is -0.133. The number of carbonyl (C=O) groups excluding carboxylic acids is 1. The van der Waals surface area contributed by atoms with Crippen molar-refractivity contribution >= 4 is 41.0 Å². The highest BCUT2D eigenvalue weighted by atomic mass is 35.5. The number of nitrogen functional groups attached to an aromatic ring is 1. The zero-order valence-corrected chi connectivity index (χ0v) is 23.6. The maximum atomic E-state index is 15.2. The first kappa shape index (κ1) is 29.5. The van der Waals surface area contributed by atoms with E-state index in [4.69, 9.17) is 15.2 Å². The molecule has 0 radical (unpaired) electrons. The van der Waals surface area contributed by atoms with Crippen LogP contribution >= 0.6 is 12.4 Å². The van der Waals surface area contributed by atoms with Gasteiger partial charge in [0.15, 0.2) is 17.3 Å². The molecule has 2 aliphatic heterocycles. The SMILES string of the molecule is COc1cc2c(N)nc(N3CCN(C(=O)C[C@H](c4ccc(F)cc4)N4CCCCC4)CC3)nc2c(F)c1OC.Cl. The summed E-state index contributed by atoms with van der Waals surface area (Å²) in [7, 11) is 2.78. The van der Waals surface area contributed by atoms with E-state index in [-0.39, 0.29) is 53.0 Å². The second kappa shape index (κ2) is 12.8. The summed E-state index contributed by atoms with van der Waals surface area (Å²) in [6.07, 6.45) is 3.71. The molecule has 0 unspecified atom stereocenters. The van der Waals surface area contributed by atoms with Gasteiger partial charge in [-0.25, -0.2) is 13.8 Å². The molecule has 3 heterocycles. The van der Waals surface area contributed by atoms with E-state index >= 15 is 4.39 Å². The lowest BCUT2D eigenvalue weighted by Gasteiger charge is -2.38. The zero-order valence-electron chi connectivity index (χ0n) is 22.7. The molecule has 2 N–H and O–H groups in total. The number of ether oxygens (including phenoxy) is 2. The van der Waals surface area contributed by atoms with Crippen LogP contribution in [0, 0.1) is 11.6 Å². The van der Waals surface area contributed by atoms with Gasteiger partial charge in [0.25, 0.3) is 0 Å². The summed E-state index contributed by atoms with van der Waals surface area (Å²) in [6, 6.07) is 7.96. The molecule has 2 saturated heterocycles. The smallest absolute Gasteiger partial charge is 0.228 e. The van der Waals surface area contributed by atoms with Crippen LogP contribution in [0.25, 0.3) is 10.9 Å². The second-order valence-electron chi connectivity index (χ2n) is 9.97. The number of anilines is 2. The van der Waals surface area contributed by atoms with Gasteiger partial charge in [-0.15, -0.1) is 12.4 Å². The maximum Gasteiger partial charge on any atom is 0.228 e. The van der Waals surface area contributed by atoms with Crippen molar-refractivity contribution < 1.29 is 23.0 Å². The van der Waals surface area contributed by atoms with Crippen LogP contribution < -0.4 is 20.1 Å². The van der Waals surface area contributed by atoms with Crippen molar-refractivity contribution in [1.29, 1.82) is 0 Å². The molecule has 2 aromatic carbocycles. The monoisotopic (exact) mass is 576 g/mol. The van der Waals surface area contributed by atoms with Gasteiger partial charge in [-0.05, 0) is 49.7 Å². The molecule has 0 bridgehead atoms. The molecule has 0 spiro atoms. The van der Waals surface area contributed by atoms with Gasteiger partial charge in [-0.1, -0.05) is 18.6 Å². The van der Waals surface area contributed by atoms with Gasteiger partial charge >= 0.3 is 0 Å². The molecule has 1 atom stereocenters. The molecule has 0 aliphatic carbocycles. The van der Waals surface area contributed by atoms with Crippen molar-refractivity contribution in [1.82, 2.24) is 19.8 Å². The molecule has 2 fully saturated rings. The minimum absolute atomic E-state index is 0. The summed E-state index contributed by atoms with van der Waals surface area (Å²) in [6.45, 7) is 3.77. The fourth-order valence-corrected chi connectivity index (χ4v) is 5.50. The van der Waals surface area contributed by atoms with Crippen molar-refractivity contribution in [2.75, 3.05) is 64.1 Å². The van der Waals surface area contributed by atoms with Crippen molar-refractivity contribution in [2.24, 2.45) is 0 Å². The molecule has 9 nitrogen and oxygen atoms in total. The minimum atomic E-state index is -0.666. The maximum absolute atomic E-state index is 15.2. The summed E-state index contributed by atoms with van der Waals surface area (Å²) in [5, 5.41) is 0.340. The average molecular weight is 577 g/mol. The molecule has 12 heteroatoms. The Morgan fingerprint density at radius 1 is 0.975 bits per heavy atom. The minimum Gasteiger partial charge on any atom is -0.493 e. The van der Waals surface area contributed by atoms with Crippen molar-refractivity contribution in [3.8, 4) is 11.5 Å². The number of carbonyl (C=O) groups is 1. The number of piperidine rings is 1. The lowest BCUT2D eigenvalue weighted by atomic mass is 9.98. The Balaban J connectivity index is 0.00000370. The number of nitrogens with two attached hydrogens (primary N) is 1. The summed E-state index contributed by atoms with van der Waals surface area (Å²) >= 11 is 0. The predicted octanol–water partition coefficient (Wildman–Crippen LogP) is 4.20. The number of aromatic nitrogens is 2. The molecular formula is C28H35ClF2N6O3. The molecule has 1 amide bonds. The van der Waals surface area contributed by atoms with Gasteiger partial charge in [0.1, 0.15) is 17.2 Å². The average Bonchev–Trinajstić information content (AvgIpc) is 2.97. The van der Waals surface area contributed by atoms with Gasteiger partial charge in [0.2, 0.25) is 11.9 Å². The van der Waals surface area contributed by atoms with Gasteiger partial charge in [-0.2, -0.15) is 4.98 Å². The summed E-state index contributed by atoms with van der Waals surface area (Å²) < 4.78 is 39.2. The van der Waals surface area contributed by atoms with E-state index in [2.05, 4.69) is 14.9 Å². The number of amides is 1. The topological polar surface area (TPSA) is 97.0 Å². The molecule has 2 aliphatic rings. The molecular weight excluding hydrogens is 542 g/mol. The number of halogens is 3. The van der Waals surface area contributed by atoms with E-state index in [1.165, 1.54) is 32.8 Å². The number of benzene rings is 2. The largest absolute Gasteiger partial charge is 0.493 e. The number of rotatable bonds is 7. The van der Waals surface area contributed by atoms with E-state index in [1.807, 2.05) is 9.80 Å². The van der Waals surface area contributed by atoms with Crippen LogP contribution in [0.4, 0.5) is 20.5 Å². The fourth-order valence-electron chi connectivity index (χ4n) is 5.50. The Hall–Kier alpha value is -3.44. The van der Waals surface area contributed by atoms with Crippen molar-refractivity contribution in [3.63, 3.8) is 0 Å². The van der Waals surface area contributed by atoms with Crippen molar-refractivity contribution in [3.05, 3.63) is 47.5 Å². The number of fused-ring (bicyclic) bond motifs is 1. The first-order valence-electron chi connectivity index (χ1n) is 13.3. The predicted molar refractivity (Wildman–Crippen MR) is 152 cm³/mol. The van der Waals surface area contributed by atoms with E-state index in [1.54, 1.807) is 18.2 Å². The highest BCUT2D eigenvalue weighted by molar-refractivity contribution is 5.92. The summed E-state index contributed by atoms with van der Waals surface area (Å²) in [4.78, 5) is 28.4. The number of hydrogen-bond donors (Lipinski definition) is 1. The van der Waals surface area contributed by atoms with Crippen LogP contribution in [0.5, 0.6) is 11.5 Å². The van der Waals surface area contributed by atoms with Crippen LogP contribution in [-0.4, -0.2) is 79.2 Å². The molecule has 3 aromatic rings. The molecule has 5 rings (SSSR count). The highest BCUT2D eigenvalue weighted by Gasteiger charge is 2.30. The van der Waals surface area contributed by atoms with Crippen LogP contribution in [-0.2, 0) is 4.79 Å². The Bertz CT molecular complexity index is 1330. The first-order valence-corrected chi connectivity index (χ1v) is 13.3. The highest BCUT2D eigenvalue weighted by Crippen LogP contribution is 2.37. The Morgan fingerprint density at radius 2 is 1.65 bits per heavy atom. The van der Waals surface area contributed by atoms with Gasteiger partial charge in [0.05, 0.1) is 14.2 Å².